The van der Waals surface area contributed by atoms with E-state index in [2.05, 4.69) is 22.6 Å². The summed E-state index contributed by atoms with van der Waals surface area (Å²) in [7, 11) is 5.32. The van der Waals surface area contributed by atoms with Crippen molar-refractivity contribution in [2.75, 3.05) is 39.7 Å². The van der Waals surface area contributed by atoms with Crippen LogP contribution in [0.4, 0.5) is 5.69 Å². The summed E-state index contributed by atoms with van der Waals surface area (Å²) in [5.41, 5.74) is 4.03. The quantitative estimate of drug-likeness (QED) is 0.535. The van der Waals surface area contributed by atoms with Crippen LogP contribution in [0.2, 0.25) is 0 Å². The molecule has 1 amide bonds. The molecule has 0 unspecified atom stereocenters. The third kappa shape index (κ3) is 4.34. The number of piperidine rings is 1. The van der Waals surface area contributed by atoms with Gasteiger partial charge in [0.25, 0.3) is 5.91 Å². The van der Waals surface area contributed by atoms with Crippen molar-refractivity contribution in [2.24, 2.45) is 0 Å². The number of Topliss-reactive ketones (excluding diaryl/α,β-unsaturated/α-hetero) is 1. The Morgan fingerprint density at radius 3 is 2.28 bits per heavy atom. The van der Waals surface area contributed by atoms with Crippen molar-refractivity contribution in [2.45, 2.75) is 25.8 Å². The highest BCUT2D eigenvalue weighted by Gasteiger charge is 2.31. The van der Waals surface area contributed by atoms with E-state index in [9.17, 15) is 9.59 Å². The molecule has 0 atom stereocenters. The fourth-order valence-electron chi connectivity index (χ4n) is 4.24. The molecule has 7 nitrogen and oxygen atoms in total. The van der Waals surface area contributed by atoms with Crippen LogP contribution in [0.3, 0.4) is 0 Å². The smallest absolute Gasteiger partial charge is 0.258 e. The molecule has 0 saturated carbocycles. The van der Waals surface area contributed by atoms with E-state index >= 15 is 0 Å². The first-order chi connectivity index (χ1) is 15.4. The molecule has 0 aromatic heterocycles. The van der Waals surface area contributed by atoms with Crippen LogP contribution in [-0.2, 0) is 4.79 Å². The van der Waals surface area contributed by atoms with Crippen molar-refractivity contribution in [3.05, 3.63) is 53.1 Å². The van der Waals surface area contributed by atoms with Crippen LogP contribution in [0.25, 0.3) is 11.3 Å². The summed E-state index contributed by atoms with van der Waals surface area (Å²) in [4.78, 5) is 27.5. The minimum absolute atomic E-state index is 0.0422. The Morgan fingerprint density at radius 2 is 1.69 bits per heavy atom. The van der Waals surface area contributed by atoms with Gasteiger partial charge in [-0.05, 0) is 70.2 Å². The number of nitrogens with zero attached hydrogens (tertiary/aromatic N) is 1. The van der Waals surface area contributed by atoms with Gasteiger partial charge in [-0.2, -0.15) is 0 Å². The molecule has 2 aromatic carbocycles. The fraction of sp³-hybridized carbons (Fsp3) is 0.360. The topological polar surface area (TPSA) is 79.9 Å². The van der Waals surface area contributed by atoms with Crippen LogP contribution in [0.5, 0.6) is 11.5 Å². The highest BCUT2D eigenvalue weighted by atomic mass is 16.5. The third-order valence-electron chi connectivity index (χ3n) is 6.13. The highest BCUT2D eigenvalue weighted by molar-refractivity contribution is 6.36. The number of hydrogen-bond donors (Lipinski definition) is 2. The van der Waals surface area contributed by atoms with Crippen molar-refractivity contribution in [3.63, 3.8) is 0 Å². The lowest BCUT2D eigenvalue weighted by molar-refractivity contribution is -0.110. The maximum atomic E-state index is 13.2. The minimum atomic E-state index is -0.196. The number of ketones is 1. The second-order valence-corrected chi connectivity index (χ2v) is 8.34. The summed E-state index contributed by atoms with van der Waals surface area (Å²) in [5, 5.41) is 6.60. The molecule has 2 N–H and O–H groups in total. The number of methoxy groups -OCH3 is 2. The summed E-state index contributed by atoms with van der Waals surface area (Å²) in [6.07, 6.45) is 1.94. The molecule has 32 heavy (non-hydrogen) atoms. The molecule has 2 aromatic rings. The molecule has 2 heterocycles. The van der Waals surface area contributed by atoms with Gasteiger partial charge in [0.05, 0.1) is 25.5 Å². The van der Waals surface area contributed by atoms with E-state index in [0.717, 1.165) is 37.1 Å². The first kappa shape index (κ1) is 21.9. The van der Waals surface area contributed by atoms with E-state index in [4.69, 9.17) is 9.47 Å². The predicted molar refractivity (Wildman–Crippen MR) is 125 cm³/mol. The summed E-state index contributed by atoms with van der Waals surface area (Å²) in [6.45, 7) is 3.50. The zero-order valence-corrected chi connectivity index (χ0v) is 19.0. The second kappa shape index (κ2) is 9.04. The van der Waals surface area contributed by atoms with Crippen LogP contribution < -0.4 is 20.1 Å². The van der Waals surface area contributed by atoms with Crippen LogP contribution >= 0.6 is 0 Å². The zero-order chi connectivity index (χ0) is 22.8. The maximum absolute atomic E-state index is 13.2. The number of anilines is 1. The number of rotatable bonds is 6. The van der Waals surface area contributed by atoms with E-state index in [0.29, 0.717) is 34.0 Å². The molecule has 0 bridgehead atoms. The normalized spacial score (nSPS) is 18.1. The number of amides is 1. The highest BCUT2D eigenvalue weighted by Crippen LogP contribution is 2.39. The van der Waals surface area contributed by atoms with Crippen LogP contribution in [0, 0.1) is 0 Å². The summed E-state index contributed by atoms with van der Waals surface area (Å²) in [5.74, 6) is 1.04. The Labute approximate surface area is 188 Å². The molecule has 2 aliphatic heterocycles. The van der Waals surface area contributed by atoms with Crippen molar-refractivity contribution < 1.29 is 19.1 Å². The molecule has 0 aliphatic carbocycles. The molecule has 168 valence electrons. The van der Waals surface area contributed by atoms with E-state index in [1.807, 2.05) is 12.1 Å². The lowest BCUT2D eigenvalue weighted by atomic mass is 9.96. The monoisotopic (exact) mass is 435 g/mol. The number of hydrogen-bond acceptors (Lipinski definition) is 6. The number of nitrogens with one attached hydrogen (secondary N) is 2. The number of carbonyl (C=O) groups is 2. The molecule has 0 spiro atoms. The Balaban J connectivity index is 1.88. The molecule has 1 fully saturated rings. The number of fused-ring (bicyclic) bond motifs is 1. The van der Waals surface area contributed by atoms with E-state index in [1.165, 1.54) is 6.92 Å². The van der Waals surface area contributed by atoms with Gasteiger partial charge in [0.2, 0.25) is 0 Å². The van der Waals surface area contributed by atoms with Crippen LogP contribution in [-0.4, -0.2) is 57.0 Å². The van der Waals surface area contributed by atoms with Crippen LogP contribution in [0.1, 0.15) is 41.3 Å². The second-order valence-electron chi connectivity index (χ2n) is 8.34. The standard InChI is InChI=1S/C25H29N3O4/c1-15(29)16-5-6-22-21(13-16)23(25(30)27-22)24(26-18-7-9-28(2)10-8-18)17-11-19(31-3)14-20(12-17)32-4/h5-6,11-14,18,26H,7-10H2,1-4H3,(H,27,30). The Kier molecular flexibility index (Phi) is 6.19. The molecule has 2 aliphatic rings. The van der Waals surface area contributed by atoms with E-state index in [1.54, 1.807) is 38.5 Å². The number of benzene rings is 2. The summed E-state index contributed by atoms with van der Waals surface area (Å²) in [6, 6.07) is 11.1. The first-order valence-corrected chi connectivity index (χ1v) is 10.8. The van der Waals surface area contributed by atoms with Gasteiger partial charge in [0, 0.05) is 34.5 Å². The van der Waals surface area contributed by atoms with Crippen LogP contribution in [0.15, 0.2) is 36.4 Å². The first-order valence-electron chi connectivity index (χ1n) is 10.8. The van der Waals surface area contributed by atoms with Gasteiger partial charge in [-0.15, -0.1) is 0 Å². The maximum Gasteiger partial charge on any atom is 0.258 e. The summed E-state index contributed by atoms with van der Waals surface area (Å²) >= 11 is 0. The van der Waals surface area contributed by atoms with Crippen molar-refractivity contribution in [3.8, 4) is 11.5 Å². The minimum Gasteiger partial charge on any atom is -0.497 e. The molecule has 7 heteroatoms. The van der Waals surface area contributed by atoms with Gasteiger partial charge in [0.1, 0.15) is 11.5 Å². The van der Waals surface area contributed by atoms with Gasteiger partial charge in [-0.1, -0.05) is 0 Å². The molecule has 1 saturated heterocycles. The predicted octanol–water partition coefficient (Wildman–Crippen LogP) is 3.41. The van der Waals surface area contributed by atoms with Crippen molar-refractivity contribution >= 4 is 28.6 Å². The number of ether oxygens (including phenoxy) is 2. The zero-order valence-electron chi connectivity index (χ0n) is 19.0. The number of carbonyl (C=O) groups excluding carboxylic acids is 2. The average molecular weight is 436 g/mol. The lowest BCUT2D eigenvalue weighted by Gasteiger charge is -2.31. The molecule has 0 radical (unpaired) electrons. The molecular weight excluding hydrogens is 406 g/mol. The SMILES string of the molecule is COc1cc(OC)cc(C(NC2CCN(C)CC2)=C2C(=O)Nc3ccc(C(C)=O)cc32)c1. The summed E-state index contributed by atoms with van der Waals surface area (Å²) < 4.78 is 11.0. The van der Waals surface area contributed by atoms with Gasteiger partial charge < -0.3 is 25.0 Å². The van der Waals surface area contributed by atoms with Crippen molar-refractivity contribution in [1.29, 1.82) is 0 Å². The fourth-order valence-corrected chi connectivity index (χ4v) is 4.24. The Hall–Kier alpha value is -3.32. The van der Waals surface area contributed by atoms with Gasteiger partial charge in [-0.3, -0.25) is 9.59 Å². The Bertz CT molecular complexity index is 1060. The van der Waals surface area contributed by atoms with E-state index in [-0.39, 0.29) is 17.7 Å². The average Bonchev–Trinajstić information content (AvgIpc) is 3.12. The van der Waals surface area contributed by atoms with Gasteiger partial charge >= 0.3 is 0 Å². The van der Waals surface area contributed by atoms with Gasteiger partial charge in [-0.25, -0.2) is 0 Å². The molecular formula is C25H29N3O4. The number of likely N-dealkylation sites (tertiary alicyclic amines) is 1. The van der Waals surface area contributed by atoms with Crippen molar-refractivity contribution in [1.82, 2.24) is 10.2 Å². The third-order valence-corrected chi connectivity index (χ3v) is 6.13. The largest absolute Gasteiger partial charge is 0.497 e. The van der Waals surface area contributed by atoms with Gasteiger partial charge in [0.15, 0.2) is 5.78 Å². The molecule has 4 rings (SSSR count). The lowest BCUT2D eigenvalue weighted by Crippen LogP contribution is -2.40. The Morgan fingerprint density at radius 1 is 1.03 bits per heavy atom. The van der Waals surface area contributed by atoms with E-state index < -0.39 is 0 Å².